The van der Waals surface area contributed by atoms with Crippen LogP contribution >= 0.6 is 12.4 Å². The van der Waals surface area contributed by atoms with Crippen LogP contribution in [0.15, 0.2) is 29.2 Å². The molecule has 0 saturated carbocycles. The number of carbonyl (C=O) groups excluding carboxylic acids is 1. The second-order valence-electron chi connectivity index (χ2n) is 4.93. The zero-order valence-corrected chi connectivity index (χ0v) is 13.9. The number of carbonyl (C=O) groups is 1. The number of hydrogen-bond acceptors (Lipinski definition) is 4. The Labute approximate surface area is 132 Å². The molecule has 120 valence electrons. The Morgan fingerprint density at radius 1 is 1.19 bits per heavy atom. The molecule has 0 spiro atoms. The second-order valence-corrected chi connectivity index (χ2v) is 6.64. The van der Waals surface area contributed by atoms with E-state index >= 15 is 0 Å². The molecular formula is C13H22ClN3O3S. The average Bonchev–Trinajstić information content (AvgIpc) is 2.36. The van der Waals surface area contributed by atoms with Gasteiger partial charge in [0.25, 0.3) is 0 Å². The first kappa shape index (κ1) is 19.9. The van der Waals surface area contributed by atoms with Crippen molar-refractivity contribution in [2.45, 2.75) is 31.7 Å². The maximum absolute atomic E-state index is 11.9. The predicted molar refractivity (Wildman–Crippen MR) is 86.0 cm³/mol. The smallest absolute Gasteiger partial charge is 0.240 e. The summed E-state index contributed by atoms with van der Waals surface area (Å²) >= 11 is 0. The maximum Gasteiger partial charge on any atom is 0.240 e. The quantitative estimate of drug-likeness (QED) is 0.729. The Balaban J connectivity index is 0.00000400. The molecule has 1 unspecified atom stereocenters. The fourth-order valence-corrected chi connectivity index (χ4v) is 2.72. The Morgan fingerprint density at radius 3 is 2.14 bits per heavy atom. The van der Waals surface area contributed by atoms with E-state index < -0.39 is 10.0 Å². The van der Waals surface area contributed by atoms with Crippen molar-refractivity contribution in [2.75, 3.05) is 11.9 Å². The molecular weight excluding hydrogens is 314 g/mol. The third-order valence-corrected chi connectivity index (χ3v) is 4.30. The molecule has 8 heteroatoms. The summed E-state index contributed by atoms with van der Waals surface area (Å²) in [6.45, 7) is 5.48. The first-order valence-electron chi connectivity index (χ1n) is 6.39. The first-order valence-corrected chi connectivity index (χ1v) is 7.88. The fourth-order valence-electron chi connectivity index (χ4n) is 1.47. The van der Waals surface area contributed by atoms with E-state index in [1.54, 1.807) is 32.9 Å². The summed E-state index contributed by atoms with van der Waals surface area (Å²) in [5.74, 6) is -0.482. The fraction of sp³-hybridized carbons (Fsp3) is 0.462. The van der Waals surface area contributed by atoms with Crippen LogP contribution in [0.5, 0.6) is 0 Å². The number of nitrogens with two attached hydrogens (primary N) is 1. The van der Waals surface area contributed by atoms with Crippen molar-refractivity contribution in [3.8, 4) is 0 Å². The van der Waals surface area contributed by atoms with Gasteiger partial charge in [0.1, 0.15) is 0 Å². The van der Waals surface area contributed by atoms with Crippen LogP contribution in [-0.2, 0) is 14.8 Å². The van der Waals surface area contributed by atoms with Gasteiger partial charge < -0.3 is 11.1 Å². The first-order chi connectivity index (χ1) is 9.26. The van der Waals surface area contributed by atoms with Crippen LogP contribution in [0.1, 0.15) is 20.8 Å². The van der Waals surface area contributed by atoms with Crippen LogP contribution in [0.2, 0.25) is 0 Å². The molecule has 4 N–H and O–H groups in total. The van der Waals surface area contributed by atoms with E-state index in [-0.39, 0.29) is 41.7 Å². The normalized spacial score (nSPS) is 12.6. The van der Waals surface area contributed by atoms with Crippen molar-refractivity contribution in [1.29, 1.82) is 0 Å². The molecule has 1 amide bonds. The third-order valence-electron chi connectivity index (χ3n) is 2.62. The number of rotatable bonds is 6. The SMILES string of the molecule is CC(C)NS(=O)(=O)c1ccc(NC(=O)C(C)CN)cc1.Cl. The largest absolute Gasteiger partial charge is 0.330 e. The highest BCUT2D eigenvalue weighted by Crippen LogP contribution is 2.15. The van der Waals surface area contributed by atoms with Gasteiger partial charge in [-0.1, -0.05) is 6.92 Å². The number of benzene rings is 1. The summed E-state index contributed by atoms with van der Waals surface area (Å²) in [5.41, 5.74) is 5.95. The molecule has 1 aromatic carbocycles. The molecule has 0 aromatic heterocycles. The molecule has 6 nitrogen and oxygen atoms in total. The van der Waals surface area contributed by atoms with Crippen molar-refractivity contribution < 1.29 is 13.2 Å². The van der Waals surface area contributed by atoms with Gasteiger partial charge in [0.05, 0.1) is 4.90 Å². The molecule has 0 fully saturated rings. The second kappa shape index (κ2) is 8.33. The number of hydrogen-bond donors (Lipinski definition) is 3. The van der Waals surface area contributed by atoms with Gasteiger partial charge in [-0.05, 0) is 38.1 Å². The van der Waals surface area contributed by atoms with Crippen molar-refractivity contribution in [3.63, 3.8) is 0 Å². The molecule has 1 rings (SSSR count). The van der Waals surface area contributed by atoms with Crippen molar-refractivity contribution in [1.82, 2.24) is 4.72 Å². The highest BCUT2D eigenvalue weighted by molar-refractivity contribution is 7.89. The molecule has 0 radical (unpaired) electrons. The van der Waals surface area contributed by atoms with Crippen LogP contribution in [-0.4, -0.2) is 26.9 Å². The molecule has 0 saturated heterocycles. The standard InChI is InChI=1S/C13H21N3O3S.ClH/c1-9(2)16-20(18,19)12-6-4-11(5-7-12)15-13(17)10(3)8-14;/h4-7,9-10,16H,8,14H2,1-3H3,(H,15,17);1H. The molecule has 0 bridgehead atoms. The van der Waals surface area contributed by atoms with Crippen molar-refractivity contribution >= 4 is 34.0 Å². The maximum atomic E-state index is 11.9. The number of nitrogens with one attached hydrogen (secondary N) is 2. The number of amides is 1. The van der Waals surface area contributed by atoms with Crippen LogP contribution in [0, 0.1) is 5.92 Å². The molecule has 1 aromatic rings. The van der Waals surface area contributed by atoms with Gasteiger partial charge >= 0.3 is 0 Å². The van der Waals surface area contributed by atoms with Crippen LogP contribution in [0.25, 0.3) is 0 Å². The van der Waals surface area contributed by atoms with Crippen LogP contribution in [0.3, 0.4) is 0 Å². The van der Waals surface area contributed by atoms with E-state index in [9.17, 15) is 13.2 Å². The minimum Gasteiger partial charge on any atom is -0.330 e. The number of anilines is 1. The molecule has 0 aliphatic heterocycles. The van der Waals surface area contributed by atoms with E-state index in [1.807, 2.05) is 0 Å². The monoisotopic (exact) mass is 335 g/mol. The lowest BCUT2D eigenvalue weighted by molar-refractivity contribution is -0.119. The average molecular weight is 336 g/mol. The van der Waals surface area contributed by atoms with Gasteiger partial charge in [0.15, 0.2) is 0 Å². The molecule has 1 atom stereocenters. The molecule has 0 aliphatic carbocycles. The summed E-state index contributed by atoms with van der Waals surface area (Å²) in [6.07, 6.45) is 0. The Morgan fingerprint density at radius 2 is 1.71 bits per heavy atom. The van der Waals surface area contributed by atoms with Gasteiger partial charge in [-0.2, -0.15) is 0 Å². The van der Waals surface area contributed by atoms with E-state index in [0.29, 0.717) is 5.69 Å². The van der Waals surface area contributed by atoms with Crippen molar-refractivity contribution in [3.05, 3.63) is 24.3 Å². The zero-order chi connectivity index (χ0) is 15.3. The zero-order valence-electron chi connectivity index (χ0n) is 12.3. The topological polar surface area (TPSA) is 101 Å². The molecule has 0 heterocycles. The lowest BCUT2D eigenvalue weighted by atomic mass is 10.1. The number of sulfonamides is 1. The summed E-state index contributed by atoms with van der Waals surface area (Å²) in [4.78, 5) is 11.8. The minimum atomic E-state index is -3.51. The Kier molecular flexibility index (Phi) is 7.87. The third kappa shape index (κ3) is 6.01. The van der Waals surface area contributed by atoms with Gasteiger partial charge in [-0.3, -0.25) is 4.79 Å². The van der Waals surface area contributed by atoms with Crippen LogP contribution in [0.4, 0.5) is 5.69 Å². The summed E-state index contributed by atoms with van der Waals surface area (Å²) in [6, 6.07) is 5.83. The predicted octanol–water partition coefficient (Wildman–Crippen LogP) is 1.33. The lowest BCUT2D eigenvalue weighted by Gasteiger charge is -2.12. The molecule has 0 aliphatic rings. The minimum absolute atomic E-state index is 0. The summed E-state index contributed by atoms with van der Waals surface area (Å²) in [7, 11) is -3.51. The summed E-state index contributed by atoms with van der Waals surface area (Å²) < 4.78 is 26.3. The van der Waals surface area contributed by atoms with E-state index in [2.05, 4.69) is 10.0 Å². The molecule has 21 heavy (non-hydrogen) atoms. The Hall–Kier alpha value is -1.15. The van der Waals surface area contributed by atoms with Gasteiger partial charge in [-0.25, -0.2) is 13.1 Å². The highest BCUT2D eigenvalue weighted by Gasteiger charge is 2.15. The van der Waals surface area contributed by atoms with Crippen LogP contribution < -0.4 is 15.8 Å². The summed E-state index contributed by atoms with van der Waals surface area (Å²) in [5, 5.41) is 2.68. The van der Waals surface area contributed by atoms with E-state index in [4.69, 9.17) is 5.73 Å². The Bertz CT molecular complexity index is 559. The van der Waals surface area contributed by atoms with Gasteiger partial charge in [0, 0.05) is 24.2 Å². The highest BCUT2D eigenvalue weighted by atomic mass is 35.5. The lowest BCUT2D eigenvalue weighted by Crippen LogP contribution is -2.30. The van der Waals surface area contributed by atoms with Gasteiger partial charge in [0.2, 0.25) is 15.9 Å². The van der Waals surface area contributed by atoms with Gasteiger partial charge in [-0.15, -0.1) is 12.4 Å². The van der Waals surface area contributed by atoms with E-state index in [0.717, 1.165) is 0 Å². The van der Waals surface area contributed by atoms with Crippen molar-refractivity contribution in [2.24, 2.45) is 11.7 Å². The number of halogens is 1. The van der Waals surface area contributed by atoms with E-state index in [1.165, 1.54) is 12.1 Å².